The van der Waals surface area contributed by atoms with E-state index in [0.717, 1.165) is 61.5 Å². The van der Waals surface area contributed by atoms with E-state index in [-0.39, 0.29) is 5.91 Å². The lowest BCUT2D eigenvalue weighted by molar-refractivity contribution is 0.102. The Bertz CT molecular complexity index is 1160. The number of rotatable bonds is 8. The molecule has 1 aromatic carbocycles. The molecule has 2 aromatic heterocycles. The van der Waals surface area contributed by atoms with Crippen molar-refractivity contribution < 1.29 is 9.53 Å². The summed E-state index contributed by atoms with van der Waals surface area (Å²) in [5.41, 5.74) is 1.49. The van der Waals surface area contributed by atoms with Crippen LogP contribution in [0.15, 0.2) is 30.5 Å². The highest BCUT2D eigenvalue weighted by atomic mass is 35.5. The molecular weight excluding hydrogens is 534 g/mol. The summed E-state index contributed by atoms with van der Waals surface area (Å²) in [7, 11) is 3.65. The van der Waals surface area contributed by atoms with E-state index in [1.807, 2.05) is 71.7 Å². The van der Waals surface area contributed by atoms with Crippen LogP contribution in [0.25, 0.3) is 0 Å². The van der Waals surface area contributed by atoms with Gasteiger partial charge in [-0.1, -0.05) is 62.8 Å². The maximum absolute atomic E-state index is 12.8. The number of ether oxygens (including phenoxy) is 1. The summed E-state index contributed by atoms with van der Waals surface area (Å²) in [6.07, 6.45) is 1.69. The molecule has 3 heterocycles. The summed E-state index contributed by atoms with van der Waals surface area (Å²) in [5.74, 6) is 2.06. The molecule has 0 radical (unpaired) electrons. The number of aryl methyl sites for hydroxylation is 2. The highest BCUT2D eigenvalue weighted by Crippen LogP contribution is 2.31. The van der Waals surface area contributed by atoms with Crippen LogP contribution in [0.4, 0.5) is 22.3 Å². The molecule has 0 spiro atoms. The third-order valence-corrected chi connectivity index (χ3v) is 7.33. The Kier molecular flexibility index (Phi) is 13.6. The lowest BCUT2D eigenvalue weighted by Crippen LogP contribution is -2.47. The Hall–Kier alpha value is -2.79. The topological polar surface area (TPSA) is 86.7 Å². The molecule has 11 heteroatoms. The lowest BCUT2D eigenvalue weighted by atomic mass is 10.2. The molecule has 1 fully saturated rings. The van der Waals surface area contributed by atoms with Gasteiger partial charge in [0.25, 0.3) is 5.91 Å². The lowest BCUT2D eigenvalue weighted by Gasteiger charge is -2.35. The third-order valence-electron chi connectivity index (χ3n) is 5.94. The summed E-state index contributed by atoms with van der Waals surface area (Å²) in [6, 6.07) is 7.49. The summed E-state index contributed by atoms with van der Waals surface area (Å²) >= 11 is 7.55. The maximum atomic E-state index is 12.8. The number of halogens is 1. The normalized spacial score (nSPS) is 13.1. The zero-order chi connectivity index (χ0) is 28.9. The van der Waals surface area contributed by atoms with Crippen molar-refractivity contribution in [3.63, 3.8) is 0 Å². The Labute approximate surface area is 242 Å². The number of hydrogen-bond acceptors (Lipinski definition) is 9. The van der Waals surface area contributed by atoms with E-state index < -0.39 is 0 Å². The van der Waals surface area contributed by atoms with Crippen LogP contribution in [-0.4, -0.2) is 79.2 Å². The van der Waals surface area contributed by atoms with E-state index in [2.05, 4.69) is 30.1 Å². The molecule has 1 N–H and O–H groups in total. The number of hydrogen-bond donors (Lipinski definition) is 1. The Balaban J connectivity index is 0.00000127. The molecule has 9 nitrogen and oxygen atoms in total. The highest BCUT2D eigenvalue weighted by Gasteiger charge is 2.21. The number of anilines is 4. The fraction of sp³-hybridized carbons (Fsp3) is 0.500. The molecule has 214 valence electrons. The van der Waals surface area contributed by atoms with Gasteiger partial charge in [-0.25, -0.2) is 15.0 Å². The Morgan fingerprint density at radius 2 is 1.82 bits per heavy atom. The predicted molar refractivity (Wildman–Crippen MR) is 164 cm³/mol. The summed E-state index contributed by atoms with van der Waals surface area (Å²) in [6.45, 7) is 17.2. The van der Waals surface area contributed by atoms with Crippen molar-refractivity contribution in [2.24, 2.45) is 0 Å². The van der Waals surface area contributed by atoms with Gasteiger partial charge < -0.3 is 19.9 Å². The van der Waals surface area contributed by atoms with Gasteiger partial charge >= 0.3 is 0 Å². The number of piperazine rings is 1. The van der Waals surface area contributed by atoms with Crippen molar-refractivity contribution in [2.45, 2.75) is 41.5 Å². The number of benzene rings is 1. The second-order valence-electron chi connectivity index (χ2n) is 8.40. The van der Waals surface area contributed by atoms with Crippen molar-refractivity contribution >= 4 is 51.2 Å². The van der Waals surface area contributed by atoms with Crippen LogP contribution in [0.2, 0.25) is 5.02 Å². The minimum absolute atomic E-state index is 0.295. The molecule has 1 amide bonds. The standard InChI is InChI=1S/C24H30ClN7O2S.2C2H6/c1-16-6-5-7-18(25)22(16)29-23(33)24-26-15-21(35-24)30(3)19-14-20(28-17(2)27-19)32-10-8-31(9-11-32)12-13-34-4;2*1-2/h5-7,14-15H,8-13H2,1-4H3,(H,29,33);2*1-2H3. The molecule has 1 saturated heterocycles. The number of para-hydroxylation sites is 1. The molecule has 1 aliphatic heterocycles. The van der Waals surface area contributed by atoms with Crippen molar-refractivity contribution in [1.29, 1.82) is 0 Å². The van der Waals surface area contributed by atoms with Gasteiger partial charge in [-0.3, -0.25) is 9.69 Å². The van der Waals surface area contributed by atoms with E-state index in [0.29, 0.717) is 21.5 Å². The van der Waals surface area contributed by atoms with Crippen molar-refractivity contribution in [3.05, 3.63) is 51.9 Å². The quantitative estimate of drug-likeness (QED) is 0.348. The fourth-order valence-electron chi connectivity index (χ4n) is 3.89. The Morgan fingerprint density at radius 1 is 1.13 bits per heavy atom. The van der Waals surface area contributed by atoms with Crippen molar-refractivity contribution in [3.8, 4) is 0 Å². The van der Waals surface area contributed by atoms with Crippen LogP contribution >= 0.6 is 22.9 Å². The monoisotopic (exact) mass is 575 g/mol. The number of nitrogens with one attached hydrogen (secondary N) is 1. The smallest absolute Gasteiger partial charge is 0.284 e. The second-order valence-corrected chi connectivity index (χ2v) is 9.82. The molecule has 39 heavy (non-hydrogen) atoms. The molecule has 0 atom stereocenters. The molecule has 3 aromatic rings. The van der Waals surface area contributed by atoms with Gasteiger partial charge in [0.2, 0.25) is 0 Å². The molecule has 0 bridgehead atoms. The van der Waals surface area contributed by atoms with E-state index in [1.54, 1.807) is 19.4 Å². The first-order valence-corrected chi connectivity index (χ1v) is 14.6. The zero-order valence-corrected chi connectivity index (χ0v) is 26.0. The van der Waals surface area contributed by atoms with Crippen LogP contribution in [0, 0.1) is 13.8 Å². The number of carbonyl (C=O) groups excluding carboxylic acids is 1. The molecule has 0 saturated carbocycles. The average Bonchev–Trinajstić information content (AvgIpc) is 3.46. The summed E-state index contributed by atoms with van der Waals surface area (Å²) in [5, 5.41) is 4.53. The molecule has 0 aliphatic carbocycles. The molecule has 0 unspecified atom stereocenters. The predicted octanol–water partition coefficient (Wildman–Crippen LogP) is 6.04. The van der Waals surface area contributed by atoms with Gasteiger partial charge in [-0.2, -0.15) is 0 Å². The van der Waals surface area contributed by atoms with Crippen LogP contribution in [0.5, 0.6) is 0 Å². The van der Waals surface area contributed by atoms with Gasteiger partial charge in [0, 0.05) is 52.9 Å². The molecule has 4 rings (SSSR count). The maximum Gasteiger partial charge on any atom is 0.284 e. The minimum atomic E-state index is -0.295. The van der Waals surface area contributed by atoms with Crippen LogP contribution in [0.3, 0.4) is 0 Å². The SMILES string of the molecule is CC.CC.COCCN1CCN(c2cc(N(C)c3cnc(C(=O)Nc4c(C)cccc4Cl)s3)nc(C)n2)CC1. The number of amides is 1. The van der Waals surface area contributed by atoms with Gasteiger partial charge in [-0.05, 0) is 25.5 Å². The van der Waals surface area contributed by atoms with Gasteiger partial charge in [0.05, 0.1) is 23.5 Å². The van der Waals surface area contributed by atoms with E-state index >= 15 is 0 Å². The van der Waals surface area contributed by atoms with Crippen LogP contribution in [0.1, 0.15) is 48.9 Å². The van der Waals surface area contributed by atoms with Crippen LogP contribution < -0.4 is 15.1 Å². The Morgan fingerprint density at radius 3 is 2.46 bits per heavy atom. The van der Waals surface area contributed by atoms with Gasteiger partial charge in [0.15, 0.2) is 5.01 Å². The highest BCUT2D eigenvalue weighted by molar-refractivity contribution is 7.17. The van der Waals surface area contributed by atoms with E-state index in [4.69, 9.17) is 16.3 Å². The van der Waals surface area contributed by atoms with Crippen molar-refractivity contribution in [2.75, 3.05) is 68.6 Å². The fourth-order valence-corrected chi connectivity index (χ4v) is 4.94. The zero-order valence-electron chi connectivity index (χ0n) is 24.4. The van der Waals surface area contributed by atoms with Crippen molar-refractivity contribution in [1.82, 2.24) is 19.9 Å². The van der Waals surface area contributed by atoms with E-state index in [1.165, 1.54) is 11.3 Å². The largest absolute Gasteiger partial charge is 0.383 e. The number of thiazole rings is 1. The minimum Gasteiger partial charge on any atom is -0.383 e. The molecular formula is C28H42ClN7O2S. The number of carbonyl (C=O) groups is 1. The summed E-state index contributed by atoms with van der Waals surface area (Å²) < 4.78 is 5.20. The molecule has 1 aliphatic rings. The number of aromatic nitrogens is 3. The summed E-state index contributed by atoms with van der Waals surface area (Å²) in [4.78, 5) is 33.1. The van der Waals surface area contributed by atoms with Gasteiger partial charge in [-0.15, -0.1) is 0 Å². The number of methoxy groups -OCH3 is 1. The first-order chi connectivity index (χ1) is 18.9. The first kappa shape index (κ1) is 32.4. The first-order valence-electron chi connectivity index (χ1n) is 13.4. The third kappa shape index (κ3) is 8.86. The van der Waals surface area contributed by atoms with Gasteiger partial charge in [0.1, 0.15) is 22.5 Å². The number of nitrogens with zero attached hydrogens (tertiary/aromatic N) is 6. The van der Waals surface area contributed by atoms with E-state index in [9.17, 15) is 4.79 Å². The van der Waals surface area contributed by atoms with Crippen LogP contribution in [-0.2, 0) is 4.74 Å². The average molecular weight is 576 g/mol. The second kappa shape index (κ2) is 16.3.